The normalized spacial score (nSPS) is 21.7. The van der Waals surface area contributed by atoms with Crippen LogP contribution in [0.5, 0.6) is 0 Å². The highest BCUT2D eigenvalue weighted by Crippen LogP contribution is 2.23. The third-order valence-electron chi connectivity index (χ3n) is 4.74. The number of amides is 2. The Hall–Kier alpha value is -0.480. The van der Waals surface area contributed by atoms with Crippen LogP contribution < -0.4 is 5.32 Å². The highest BCUT2D eigenvalue weighted by molar-refractivity contribution is 5.85. The van der Waals surface area contributed by atoms with Gasteiger partial charge in [-0.25, -0.2) is 4.79 Å². The summed E-state index contributed by atoms with van der Waals surface area (Å²) in [5, 5.41) is 3.22. The van der Waals surface area contributed by atoms with Crippen LogP contribution >= 0.6 is 12.4 Å². The van der Waals surface area contributed by atoms with E-state index in [4.69, 9.17) is 0 Å². The van der Waals surface area contributed by atoms with Crippen LogP contribution in [0.25, 0.3) is 0 Å². The number of hydrogen-bond donors (Lipinski definition) is 1. The number of likely N-dealkylation sites (tertiary alicyclic amines) is 2. The van der Waals surface area contributed by atoms with Crippen LogP contribution in [0.15, 0.2) is 0 Å². The molecule has 4 nitrogen and oxygen atoms in total. The zero-order chi connectivity index (χ0) is 13.7. The van der Waals surface area contributed by atoms with Gasteiger partial charge in [0.2, 0.25) is 0 Å². The fourth-order valence-electron chi connectivity index (χ4n) is 3.16. The summed E-state index contributed by atoms with van der Waals surface area (Å²) >= 11 is 0. The SMILES string of the molecule is CNCCC1CCN(C(=O)N2CCC(C)CC2)CC1.Cl. The van der Waals surface area contributed by atoms with Gasteiger partial charge in [0.05, 0.1) is 0 Å². The van der Waals surface area contributed by atoms with Crippen LogP contribution in [0.2, 0.25) is 0 Å². The molecule has 0 aromatic carbocycles. The first-order valence-corrected chi connectivity index (χ1v) is 7.89. The van der Waals surface area contributed by atoms with Crippen molar-refractivity contribution in [3.05, 3.63) is 0 Å². The fourth-order valence-corrected chi connectivity index (χ4v) is 3.16. The summed E-state index contributed by atoms with van der Waals surface area (Å²) in [6, 6.07) is 0.291. The summed E-state index contributed by atoms with van der Waals surface area (Å²) in [6.07, 6.45) is 5.95. The topological polar surface area (TPSA) is 35.6 Å². The van der Waals surface area contributed by atoms with E-state index in [0.717, 1.165) is 44.6 Å². The van der Waals surface area contributed by atoms with Crippen molar-refractivity contribution >= 4 is 18.4 Å². The number of hydrogen-bond acceptors (Lipinski definition) is 2. The Kier molecular flexibility index (Phi) is 7.67. The van der Waals surface area contributed by atoms with E-state index < -0.39 is 0 Å². The maximum atomic E-state index is 12.4. The van der Waals surface area contributed by atoms with Crippen molar-refractivity contribution < 1.29 is 4.79 Å². The maximum Gasteiger partial charge on any atom is 0.319 e. The zero-order valence-electron chi connectivity index (χ0n) is 12.9. The molecule has 2 fully saturated rings. The van der Waals surface area contributed by atoms with Crippen LogP contribution in [-0.2, 0) is 0 Å². The minimum atomic E-state index is 0. The summed E-state index contributed by atoms with van der Waals surface area (Å²) in [4.78, 5) is 16.6. The van der Waals surface area contributed by atoms with Gasteiger partial charge in [0, 0.05) is 26.2 Å². The molecule has 0 saturated carbocycles. The molecule has 118 valence electrons. The van der Waals surface area contributed by atoms with Gasteiger partial charge < -0.3 is 15.1 Å². The van der Waals surface area contributed by atoms with Gasteiger partial charge in [-0.2, -0.15) is 0 Å². The van der Waals surface area contributed by atoms with E-state index in [1.807, 2.05) is 7.05 Å². The number of rotatable bonds is 3. The molecule has 1 N–H and O–H groups in total. The zero-order valence-corrected chi connectivity index (χ0v) is 13.8. The molecule has 0 aromatic rings. The van der Waals surface area contributed by atoms with Crippen LogP contribution in [0.1, 0.15) is 39.0 Å². The number of carbonyl (C=O) groups is 1. The molecule has 5 heteroatoms. The Morgan fingerprint density at radius 1 is 1.05 bits per heavy atom. The monoisotopic (exact) mass is 303 g/mol. The molecule has 0 aliphatic carbocycles. The number of urea groups is 1. The summed E-state index contributed by atoms with van der Waals surface area (Å²) in [6.45, 7) is 7.22. The highest BCUT2D eigenvalue weighted by Gasteiger charge is 2.27. The number of nitrogens with zero attached hydrogens (tertiary/aromatic N) is 2. The number of halogens is 1. The van der Waals surface area contributed by atoms with Crippen LogP contribution in [0, 0.1) is 11.8 Å². The van der Waals surface area contributed by atoms with E-state index >= 15 is 0 Å². The summed E-state index contributed by atoms with van der Waals surface area (Å²) in [5.41, 5.74) is 0. The smallest absolute Gasteiger partial charge is 0.319 e. The van der Waals surface area contributed by atoms with Crippen LogP contribution in [0.3, 0.4) is 0 Å². The van der Waals surface area contributed by atoms with Gasteiger partial charge in [-0.05, 0) is 57.5 Å². The Morgan fingerprint density at radius 2 is 1.55 bits per heavy atom. The lowest BCUT2D eigenvalue weighted by Crippen LogP contribution is -2.49. The minimum absolute atomic E-state index is 0. The number of piperidine rings is 2. The minimum Gasteiger partial charge on any atom is -0.325 e. The maximum absolute atomic E-state index is 12.4. The van der Waals surface area contributed by atoms with Crippen molar-refractivity contribution in [3.8, 4) is 0 Å². The van der Waals surface area contributed by atoms with Crippen molar-refractivity contribution in [1.82, 2.24) is 15.1 Å². The van der Waals surface area contributed by atoms with Gasteiger partial charge in [0.15, 0.2) is 0 Å². The van der Waals surface area contributed by atoms with E-state index in [1.54, 1.807) is 0 Å². The van der Waals surface area contributed by atoms with E-state index in [-0.39, 0.29) is 12.4 Å². The third-order valence-corrected chi connectivity index (χ3v) is 4.74. The van der Waals surface area contributed by atoms with E-state index in [9.17, 15) is 4.79 Å². The lowest BCUT2D eigenvalue weighted by atomic mass is 9.93. The Balaban J connectivity index is 0.00000200. The fraction of sp³-hybridized carbons (Fsp3) is 0.933. The van der Waals surface area contributed by atoms with Gasteiger partial charge >= 0.3 is 6.03 Å². The van der Waals surface area contributed by atoms with Crippen LogP contribution in [-0.4, -0.2) is 55.6 Å². The Labute approximate surface area is 129 Å². The van der Waals surface area contributed by atoms with Crippen LogP contribution in [0.4, 0.5) is 4.79 Å². The molecule has 2 aliphatic heterocycles. The first kappa shape index (κ1) is 17.6. The molecule has 0 radical (unpaired) electrons. The molecule has 2 rings (SSSR count). The highest BCUT2D eigenvalue weighted by atomic mass is 35.5. The molecule has 20 heavy (non-hydrogen) atoms. The molecule has 0 atom stereocenters. The largest absolute Gasteiger partial charge is 0.325 e. The Bertz CT molecular complexity index is 285. The van der Waals surface area contributed by atoms with Gasteiger partial charge in [0.1, 0.15) is 0 Å². The molecule has 0 bridgehead atoms. The third kappa shape index (κ3) is 4.81. The number of carbonyl (C=O) groups excluding carboxylic acids is 1. The summed E-state index contributed by atoms with van der Waals surface area (Å²) in [5.74, 6) is 1.59. The second-order valence-corrected chi connectivity index (χ2v) is 6.27. The average molecular weight is 304 g/mol. The first-order chi connectivity index (χ1) is 9.20. The van der Waals surface area contributed by atoms with Gasteiger partial charge in [0.25, 0.3) is 0 Å². The van der Waals surface area contributed by atoms with Crippen molar-refractivity contribution in [1.29, 1.82) is 0 Å². The molecule has 0 unspecified atom stereocenters. The summed E-state index contributed by atoms with van der Waals surface area (Å²) in [7, 11) is 2.01. The molecule has 0 aromatic heterocycles. The molecule has 2 aliphatic rings. The quantitative estimate of drug-likeness (QED) is 0.870. The predicted octanol–water partition coefficient (Wildman–Crippen LogP) is 2.58. The molecule has 2 heterocycles. The summed E-state index contributed by atoms with van der Waals surface area (Å²) < 4.78 is 0. The molecule has 0 spiro atoms. The van der Waals surface area contributed by atoms with Crippen molar-refractivity contribution in [2.24, 2.45) is 11.8 Å². The molecular weight excluding hydrogens is 274 g/mol. The Morgan fingerprint density at radius 3 is 2.05 bits per heavy atom. The van der Waals surface area contributed by atoms with Gasteiger partial charge in [-0.3, -0.25) is 0 Å². The van der Waals surface area contributed by atoms with E-state index in [1.165, 1.54) is 32.1 Å². The number of nitrogens with one attached hydrogen (secondary N) is 1. The standard InChI is InChI=1S/C15H29N3O.ClH/c1-13-4-9-17(10-5-13)15(19)18-11-6-14(7-12-18)3-8-16-2;/h13-14,16H,3-12H2,1-2H3;1H. The van der Waals surface area contributed by atoms with Crippen molar-refractivity contribution in [2.45, 2.75) is 39.0 Å². The van der Waals surface area contributed by atoms with E-state index in [0.29, 0.717) is 6.03 Å². The predicted molar refractivity (Wildman–Crippen MR) is 85.5 cm³/mol. The van der Waals surface area contributed by atoms with Crippen molar-refractivity contribution in [2.75, 3.05) is 39.8 Å². The second kappa shape index (κ2) is 8.73. The molecular formula is C15H30ClN3O. The lowest BCUT2D eigenvalue weighted by molar-refractivity contribution is 0.117. The van der Waals surface area contributed by atoms with E-state index in [2.05, 4.69) is 22.0 Å². The first-order valence-electron chi connectivity index (χ1n) is 7.89. The lowest BCUT2D eigenvalue weighted by Gasteiger charge is -2.38. The molecule has 2 amide bonds. The van der Waals surface area contributed by atoms with Crippen molar-refractivity contribution in [3.63, 3.8) is 0 Å². The molecule has 2 saturated heterocycles. The van der Waals surface area contributed by atoms with Gasteiger partial charge in [-0.15, -0.1) is 12.4 Å². The average Bonchev–Trinajstić information content (AvgIpc) is 2.46. The second-order valence-electron chi connectivity index (χ2n) is 6.27. The van der Waals surface area contributed by atoms with Gasteiger partial charge in [-0.1, -0.05) is 6.92 Å².